The Morgan fingerprint density at radius 2 is 2.05 bits per heavy atom. The Kier molecular flexibility index (Phi) is 7.44. The monoisotopic (exact) mass is 307 g/mol. The Balaban J connectivity index is 2.57. The molecule has 1 fully saturated rings. The van der Waals surface area contributed by atoms with Crippen LogP contribution in [0.5, 0.6) is 0 Å². The lowest BCUT2D eigenvalue weighted by molar-refractivity contribution is -0.150. The molecular weight excluding hydrogens is 282 g/mol. The summed E-state index contributed by atoms with van der Waals surface area (Å²) in [4.78, 5) is 25.6. The molecule has 1 aliphatic rings. The van der Waals surface area contributed by atoms with E-state index in [1.165, 1.54) is 6.20 Å². The van der Waals surface area contributed by atoms with Gasteiger partial charge in [0.2, 0.25) is 0 Å². The van der Waals surface area contributed by atoms with Crippen molar-refractivity contribution in [3.05, 3.63) is 11.8 Å². The second-order valence-electron chi connectivity index (χ2n) is 5.46. The van der Waals surface area contributed by atoms with Gasteiger partial charge in [0, 0.05) is 25.3 Å². The Hall–Kier alpha value is -2.03. The van der Waals surface area contributed by atoms with E-state index >= 15 is 0 Å². The number of amides is 1. The van der Waals surface area contributed by atoms with Crippen molar-refractivity contribution in [3.63, 3.8) is 0 Å². The van der Waals surface area contributed by atoms with Gasteiger partial charge >= 0.3 is 5.97 Å². The van der Waals surface area contributed by atoms with Crippen molar-refractivity contribution in [1.82, 2.24) is 10.2 Å². The van der Waals surface area contributed by atoms with Crippen molar-refractivity contribution in [2.24, 2.45) is 5.92 Å². The lowest BCUT2D eigenvalue weighted by atomic mass is 9.96. The number of hydrogen-bond donors (Lipinski definition) is 1. The second-order valence-corrected chi connectivity index (χ2v) is 5.46. The number of hydrogen-bond acceptors (Lipinski definition) is 5. The van der Waals surface area contributed by atoms with Crippen LogP contribution >= 0.6 is 0 Å². The molecular formula is C16H25N3O3. The lowest BCUT2D eigenvalue weighted by Crippen LogP contribution is -2.41. The van der Waals surface area contributed by atoms with Gasteiger partial charge in [0.05, 0.1) is 12.5 Å². The molecule has 1 N–H and O–H groups in total. The van der Waals surface area contributed by atoms with E-state index in [1.807, 2.05) is 19.9 Å². The van der Waals surface area contributed by atoms with E-state index in [0.717, 1.165) is 6.42 Å². The molecule has 0 aromatic carbocycles. The van der Waals surface area contributed by atoms with Crippen LogP contribution in [-0.2, 0) is 14.3 Å². The van der Waals surface area contributed by atoms with Gasteiger partial charge in [-0.15, -0.1) is 0 Å². The lowest BCUT2D eigenvalue weighted by Gasteiger charge is -2.30. The van der Waals surface area contributed by atoms with Crippen LogP contribution < -0.4 is 5.32 Å². The fourth-order valence-electron chi connectivity index (χ4n) is 2.23. The van der Waals surface area contributed by atoms with Crippen molar-refractivity contribution >= 4 is 11.9 Å². The third-order valence-corrected chi connectivity index (χ3v) is 3.88. The molecule has 0 aromatic rings. The van der Waals surface area contributed by atoms with Crippen LogP contribution in [0.25, 0.3) is 0 Å². The van der Waals surface area contributed by atoms with Gasteiger partial charge in [-0.1, -0.05) is 6.92 Å². The number of carbonyl (C=O) groups excluding carboxylic acids is 2. The molecule has 0 radical (unpaired) electrons. The summed E-state index contributed by atoms with van der Waals surface area (Å²) < 4.78 is 5.01. The number of carbonyl (C=O) groups is 2. The summed E-state index contributed by atoms with van der Waals surface area (Å²) in [6.45, 7) is 7.13. The summed E-state index contributed by atoms with van der Waals surface area (Å²) in [5.41, 5.74) is 0.106. The first kappa shape index (κ1) is 18.0. The van der Waals surface area contributed by atoms with Crippen LogP contribution in [0.3, 0.4) is 0 Å². The van der Waals surface area contributed by atoms with Gasteiger partial charge in [0.25, 0.3) is 5.91 Å². The molecule has 1 unspecified atom stereocenters. The third kappa shape index (κ3) is 5.06. The molecule has 0 spiro atoms. The average Bonchev–Trinajstić information content (AvgIpc) is 2.55. The van der Waals surface area contributed by atoms with Crippen LogP contribution in [0, 0.1) is 17.2 Å². The Bertz CT molecular complexity index is 460. The molecule has 1 rings (SSSR count). The number of esters is 1. The summed E-state index contributed by atoms with van der Waals surface area (Å²) >= 11 is 0. The van der Waals surface area contributed by atoms with Gasteiger partial charge < -0.3 is 15.0 Å². The average molecular weight is 307 g/mol. The maximum absolute atomic E-state index is 12.3. The molecule has 1 heterocycles. The van der Waals surface area contributed by atoms with E-state index in [4.69, 9.17) is 10.00 Å². The SMILES string of the molecule is CCOC(=O)C1CCN(C(=O)/C(C#N)=C\NC(C)CC)CC1. The summed E-state index contributed by atoms with van der Waals surface area (Å²) in [6.07, 6.45) is 3.58. The first-order chi connectivity index (χ1) is 10.5. The first-order valence-electron chi connectivity index (χ1n) is 7.85. The number of rotatable bonds is 6. The third-order valence-electron chi connectivity index (χ3n) is 3.88. The minimum atomic E-state index is -0.277. The Labute approximate surface area is 132 Å². The fraction of sp³-hybridized carbons (Fsp3) is 0.688. The van der Waals surface area contributed by atoms with Crippen molar-refractivity contribution in [3.8, 4) is 6.07 Å². The van der Waals surface area contributed by atoms with Crippen LogP contribution in [0.15, 0.2) is 11.8 Å². The van der Waals surface area contributed by atoms with Gasteiger partial charge in [-0.2, -0.15) is 5.26 Å². The van der Waals surface area contributed by atoms with Crippen LogP contribution in [0.2, 0.25) is 0 Å². The van der Waals surface area contributed by atoms with Crippen molar-refractivity contribution in [2.45, 2.75) is 46.1 Å². The van der Waals surface area contributed by atoms with E-state index in [1.54, 1.807) is 11.8 Å². The van der Waals surface area contributed by atoms with Gasteiger partial charge in [-0.05, 0) is 33.1 Å². The normalized spacial score (nSPS) is 17.5. The van der Waals surface area contributed by atoms with Crippen LogP contribution in [0.4, 0.5) is 0 Å². The summed E-state index contributed by atoms with van der Waals surface area (Å²) in [7, 11) is 0. The van der Waals surface area contributed by atoms with Crippen LogP contribution in [0.1, 0.15) is 40.0 Å². The molecule has 1 saturated heterocycles. The zero-order valence-corrected chi connectivity index (χ0v) is 13.6. The largest absolute Gasteiger partial charge is 0.466 e. The molecule has 122 valence electrons. The molecule has 0 bridgehead atoms. The molecule has 22 heavy (non-hydrogen) atoms. The Morgan fingerprint density at radius 3 is 2.55 bits per heavy atom. The fourth-order valence-corrected chi connectivity index (χ4v) is 2.23. The van der Waals surface area contributed by atoms with Crippen molar-refractivity contribution < 1.29 is 14.3 Å². The standard InChI is InChI=1S/C16H25N3O3/c1-4-12(3)18-11-14(10-17)15(20)19-8-6-13(7-9-19)16(21)22-5-2/h11-13,18H,4-9H2,1-3H3/b14-11-. The number of nitriles is 1. The highest BCUT2D eigenvalue weighted by molar-refractivity contribution is 5.97. The first-order valence-corrected chi connectivity index (χ1v) is 7.85. The van der Waals surface area contributed by atoms with Gasteiger partial charge in [-0.3, -0.25) is 9.59 Å². The predicted octanol–water partition coefficient (Wildman–Crippen LogP) is 1.58. The maximum atomic E-state index is 12.3. The maximum Gasteiger partial charge on any atom is 0.309 e. The van der Waals surface area contributed by atoms with Crippen molar-refractivity contribution in [1.29, 1.82) is 5.26 Å². The van der Waals surface area contributed by atoms with E-state index < -0.39 is 0 Å². The topological polar surface area (TPSA) is 82.4 Å². The number of nitrogens with zero attached hydrogens (tertiary/aromatic N) is 2. The minimum Gasteiger partial charge on any atom is -0.466 e. The summed E-state index contributed by atoms with van der Waals surface area (Å²) in [5, 5.41) is 12.2. The molecule has 1 aliphatic heterocycles. The predicted molar refractivity (Wildman–Crippen MR) is 82.5 cm³/mol. The molecule has 1 atom stereocenters. The van der Waals surface area contributed by atoms with E-state index in [-0.39, 0.29) is 29.4 Å². The van der Waals surface area contributed by atoms with E-state index in [2.05, 4.69) is 5.32 Å². The zero-order valence-electron chi connectivity index (χ0n) is 13.6. The molecule has 0 saturated carbocycles. The zero-order chi connectivity index (χ0) is 16.5. The van der Waals surface area contributed by atoms with E-state index in [9.17, 15) is 9.59 Å². The molecule has 0 aromatic heterocycles. The van der Waals surface area contributed by atoms with Gasteiger partial charge in [-0.25, -0.2) is 0 Å². The summed E-state index contributed by atoms with van der Waals surface area (Å²) in [5.74, 6) is -0.610. The quantitative estimate of drug-likeness (QED) is 0.458. The van der Waals surface area contributed by atoms with E-state index in [0.29, 0.717) is 32.5 Å². The molecule has 6 nitrogen and oxygen atoms in total. The highest BCUT2D eigenvalue weighted by Gasteiger charge is 2.29. The molecule has 1 amide bonds. The van der Waals surface area contributed by atoms with Crippen LogP contribution in [-0.4, -0.2) is 42.5 Å². The summed E-state index contributed by atoms with van der Waals surface area (Å²) in [6, 6.07) is 2.16. The minimum absolute atomic E-state index is 0.106. The number of nitrogens with one attached hydrogen (secondary N) is 1. The molecule has 0 aliphatic carbocycles. The highest BCUT2D eigenvalue weighted by atomic mass is 16.5. The van der Waals surface area contributed by atoms with Gasteiger partial charge in [0.15, 0.2) is 0 Å². The number of piperidine rings is 1. The number of likely N-dealkylation sites (tertiary alicyclic amines) is 1. The molecule has 6 heteroatoms. The second kappa shape index (κ2) is 9.08. The van der Waals surface area contributed by atoms with Gasteiger partial charge in [0.1, 0.15) is 11.6 Å². The van der Waals surface area contributed by atoms with Crippen molar-refractivity contribution in [2.75, 3.05) is 19.7 Å². The smallest absolute Gasteiger partial charge is 0.309 e. The highest BCUT2D eigenvalue weighted by Crippen LogP contribution is 2.20. The Morgan fingerprint density at radius 1 is 1.41 bits per heavy atom. The number of ether oxygens (including phenoxy) is 1.